The zero-order valence-corrected chi connectivity index (χ0v) is 19.1. The molecule has 0 saturated carbocycles. The van der Waals surface area contributed by atoms with Gasteiger partial charge in [0.15, 0.2) is 0 Å². The molecule has 0 aliphatic carbocycles. The number of amides is 1. The SMILES string of the molecule is CC(Nc1nccc(N2C(=O)OC[C@@H]2C(C)C)n1)c1ccc(Nc2ccc([N+](=O)[O-])cc2)cc1. The molecule has 2 aromatic carbocycles. The molecular formula is C24H26N6O4. The number of hydrogen-bond donors (Lipinski definition) is 2. The van der Waals surface area contributed by atoms with Crippen molar-refractivity contribution in [1.29, 1.82) is 0 Å². The van der Waals surface area contributed by atoms with Crippen LogP contribution in [-0.4, -0.2) is 33.6 Å². The van der Waals surface area contributed by atoms with E-state index in [2.05, 4.69) is 20.6 Å². The largest absolute Gasteiger partial charge is 0.447 e. The summed E-state index contributed by atoms with van der Waals surface area (Å²) in [4.78, 5) is 33.0. The normalized spacial score (nSPS) is 16.3. The van der Waals surface area contributed by atoms with Gasteiger partial charge in [-0.25, -0.2) is 9.78 Å². The fourth-order valence-electron chi connectivity index (χ4n) is 3.71. The smallest absolute Gasteiger partial charge is 0.415 e. The lowest BCUT2D eigenvalue weighted by Gasteiger charge is -2.23. The average Bonchev–Trinajstić information content (AvgIpc) is 3.22. The van der Waals surface area contributed by atoms with Crippen LogP contribution in [-0.2, 0) is 4.74 Å². The van der Waals surface area contributed by atoms with Crippen LogP contribution in [0.1, 0.15) is 32.4 Å². The van der Waals surface area contributed by atoms with Crippen LogP contribution in [0.25, 0.3) is 0 Å². The van der Waals surface area contributed by atoms with Gasteiger partial charge in [-0.3, -0.25) is 15.0 Å². The van der Waals surface area contributed by atoms with Crippen molar-refractivity contribution in [2.45, 2.75) is 32.9 Å². The van der Waals surface area contributed by atoms with E-state index in [-0.39, 0.29) is 23.7 Å². The van der Waals surface area contributed by atoms with E-state index in [1.165, 1.54) is 12.1 Å². The van der Waals surface area contributed by atoms with Gasteiger partial charge in [0.25, 0.3) is 5.69 Å². The lowest BCUT2D eigenvalue weighted by molar-refractivity contribution is -0.384. The Bertz CT molecular complexity index is 1170. The number of nitro groups is 1. The molecule has 0 bridgehead atoms. The number of nitrogens with one attached hydrogen (secondary N) is 2. The Balaban J connectivity index is 1.42. The number of carbonyl (C=O) groups is 1. The maximum absolute atomic E-state index is 12.2. The van der Waals surface area contributed by atoms with Gasteiger partial charge in [-0.05, 0) is 48.7 Å². The van der Waals surface area contributed by atoms with Crippen molar-refractivity contribution in [2.24, 2.45) is 5.92 Å². The van der Waals surface area contributed by atoms with Gasteiger partial charge in [0, 0.05) is 29.7 Å². The predicted molar refractivity (Wildman–Crippen MR) is 129 cm³/mol. The number of nitro benzene ring substituents is 1. The predicted octanol–water partition coefficient (Wildman–Crippen LogP) is 5.28. The number of aromatic nitrogens is 2. The quantitative estimate of drug-likeness (QED) is 0.342. The zero-order valence-electron chi connectivity index (χ0n) is 19.1. The summed E-state index contributed by atoms with van der Waals surface area (Å²) in [5.74, 6) is 1.16. The molecule has 4 rings (SSSR count). The van der Waals surface area contributed by atoms with Crippen molar-refractivity contribution in [3.8, 4) is 0 Å². The van der Waals surface area contributed by atoms with E-state index in [1.807, 2.05) is 45.0 Å². The number of rotatable bonds is 8. The minimum Gasteiger partial charge on any atom is -0.447 e. The molecule has 2 N–H and O–H groups in total. The second kappa shape index (κ2) is 9.74. The summed E-state index contributed by atoms with van der Waals surface area (Å²) in [6, 6.07) is 15.6. The molecule has 1 aliphatic heterocycles. The minimum atomic E-state index is -0.425. The van der Waals surface area contributed by atoms with Crippen LogP contribution in [0, 0.1) is 16.0 Å². The highest BCUT2D eigenvalue weighted by Crippen LogP contribution is 2.27. The van der Waals surface area contributed by atoms with Crippen LogP contribution in [0.4, 0.5) is 33.6 Å². The maximum Gasteiger partial charge on any atom is 0.415 e. The molecule has 1 saturated heterocycles. The molecule has 10 nitrogen and oxygen atoms in total. The Morgan fingerprint density at radius 2 is 1.71 bits per heavy atom. The molecule has 3 aromatic rings. The molecule has 10 heteroatoms. The van der Waals surface area contributed by atoms with Crippen molar-refractivity contribution >= 4 is 34.9 Å². The van der Waals surface area contributed by atoms with E-state index in [0.29, 0.717) is 18.4 Å². The Morgan fingerprint density at radius 3 is 2.32 bits per heavy atom. The van der Waals surface area contributed by atoms with Gasteiger partial charge >= 0.3 is 6.09 Å². The molecule has 2 atom stereocenters. The first kappa shape index (κ1) is 23.0. The number of cyclic esters (lactones) is 1. The fourth-order valence-corrected chi connectivity index (χ4v) is 3.71. The highest BCUT2D eigenvalue weighted by atomic mass is 16.6. The van der Waals surface area contributed by atoms with Crippen molar-refractivity contribution in [1.82, 2.24) is 9.97 Å². The number of nitrogens with zero attached hydrogens (tertiary/aromatic N) is 4. The monoisotopic (exact) mass is 462 g/mol. The molecule has 176 valence electrons. The third kappa shape index (κ3) is 5.06. The Morgan fingerprint density at radius 1 is 1.06 bits per heavy atom. The highest BCUT2D eigenvalue weighted by Gasteiger charge is 2.37. The first-order valence-corrected chi connectivity index (χ1v) is 11.0. The molecule has 2 heterocycles. The summed E-state index contributed by atoms with van der Waals surface area (Å²) >= 11 is 0. The number of ether oxygens (including phenoxy) is 1. The zero-order chi connectivity index (χ0) is 24.2. The Kier molecular flexibility index (Phi) is 6.58. The number of anilines is 4. The van der Waals surface area contributed by atoms with Gasteiger partial charge in [0.2, 0.25) is 5.95 Å². The summed E-state index contributed by atoms with van der Waals surface area (Å²) in [6.07, 6.45) is 1.23. The maximum atomic E-state index is 12.2. The van der Waals surface area contributed by atoms with Crippen LogP contribution >= 0.6 is 0 Å². The van der Waals surface area contributed by atoms with Gasteiger partial charge < -0.3 is 15.4 Å². The molecular weight excluding hydrogens is 436 g/mol. The van der Waals surface area contributed by atoms with E-state index in [9.17, 15) is 14.9 Å². The first-order valence-electron chi connectivity index (χ1n) is 11.0. The number of benzene rings is 2. The summed E-state index contributed by atoms with van der Waals surface area (Å²) in [5.41, 5.74) is 2.68. The average molecular weight is 463 g/mol. The lowest BCUT2D eigenvalue weighted by Crippen LogP contribution is -2.37. The van der Waals surface area contributed by atoms with Gasteiger partial charge in [0.05, 0.1) is 17.0 Å². The van der Waals surface area contributed by atoms with Crippen molar-refractivity contribution in [3.63, 3.8) is 0 Å². The molecule has 0 radical (unpaired) electrons. The van der Waals surface area contributed by atoms with Crippen molar-refractivity contribution < 1.29 is 14.5 Å². The molecule has 0 spiro atoms. The van der Waals surface area contributed by atoms with Gasteiger partial charge in [0.1, 0.15) is 12.4 Å². The van der Waals surface area contributed by atoms with E-state index in [0.717, 1.165) is 16.9 Å². The van der Waals surface area contributed by atoms with Gasteiger partial charge in [-0.2, -0.15) is 4.98 Å². The topological polar surface area (TPSA) is 123 Å². The molecule has 1 unspecified atom stereocenters. The third-order valence-electron chi connectivity index (χ3n) is 5.69. The van der Waals surface area contributed by atoms with Crippen molar-refractivity contribution in [3.05, 3.63) is 76.5 Å². The Labute approximate surface area is 197 Å². The van der Waals surface area contributed by atoms with Crippen LogP contribution in [0.2, 0.25) is 0 Å². The van der Waals surface area contributed by atoms with E-state index < -0.39 is 11.0 Å². The second-order valence-electron chi connectivity index (χ2n) is 8.41. The van der Waals surface area contributed by atoms with Crippen LogP contribution < -0.4 is 15.5 Å². The molecule has 1 aromatic heterocycles. The van der Waals surface area contributed by atoms with Crippen LogP contribution in [0.3, 0.4) is 0 Å². The van der Waals surface area contributed by atoms with E-state index in [1.54, 1.807) is 29.3 Å². The van der Waals surface area contributed by atoms with Crippen LogP contribution in [0.15, 0.2) is 60.8 Å². The van der Waals surface area contributed by atoms with Crippen LogP contribution in [0.5, 0.6) is 0 Å². The fraction of sp³-hybridized carbons (Fsp3) is 0.292. The molecule has 1 fully saturated rings. The molecule has 34 heavy (non-hydrogen) atoms. The summed E-state index contributed by atoms with van der Waals surface area (Å²) in [6.45, 7) is 6.43. The number of hydrogen-bond acceptors (Lipinski definition) is 8. The summed E-state index contributed by atoms with van der Waals surface area (Å²) in [5, 5.41) is 17.3. The number of carbonyl (C=O) groups excluding carboxylic acids is 1. The standard InChI is InChI=1S/C24H26N6O4/c1-15(2)21-14-34-24(31)29(21)22-12-13-25-23(28-22)26-16(3)17-4-6-18(7-5-17)27-19-8-10-20(11-9-19)30(32)33/h4-13,15-16,21,27H,14H2,1-3H3,(H,25,26,28)/t16?,21-/m1/s1. The molecule has 1 aliphatic rings. The van der Waals surface area contributed by atoms with Crippen molar-refractivity contribution in [2.75, 3.05) is 22.1 Å². The van der Waals surface area contributed by atoms with Gasteiger partial charge in [-0.1, -0.05) is 26.0 Å². The second-order valence-corrected chi connectivity index (χ2v) is 8.41. The first-order chi connectivity index (χ1) is 16.3. The minimum absolute atomic E-state index is 0.0495. The molecule has 1 amide bonds. The lowest BCUT2D eigenvalue weighted by atomic mass is 10.0. The summed E-state index contributed by atoms with van der Waals surface area (Å²) < 4.78 is 5.22. The Hall–Kier alpha value is -4.21. The third-order valence-corrected chi connectivity index (χ3v) is 5.69. The van der Waals surface area contributed by atoms with E-state index in [4.69, 9.17) is 4.74 Å². The highest BCUT2D eigenvalue weighted by molar-refractivity contribution is 5.89. The summed E-state index contributed by atoms with van der Waals surface area (Å²) in [7, 11) is 0. The van der Waals surface area contributed by atoms with E-state index >= 15 is 0 Å². The van der Waals surface area contributed by atoms with Gasteiger partial charge in [-0.15, -0.1) is 0 Å². The number of non-ortho nitro benzene ring substituents is 1.